The maximum atomic E-state index is 12.7. The monoisotopic (exact) mass is 364 g/mol. The molecule has 0 heterocycles. The molecule has 1 N–H and O–H groups in total. The molecule has 0 saturated carbocycles. The number of carboxylic acids is 1. The zero-order chi connectivity index (χ0) is 16.9. The maximum Gasteiger partial charge on any atom is 0.341 e. The number of carbonyl (C=O) groups is 2. The van der Waals surface area contributed by atoms with Gasteiger partial charge in [0.15, 0.2) is 12.4 Å². The second kappa shape index (κ2) is 5.59. The molecule has 1 aromatic carbocycles. The van der Waals surface area contributed by atoms with E-state index in [1.165, 1.54) is 0 Å². The first-order chi connectivity index (χ1) is 9.99. The highest BCUT2D eigenvalue weighted by Crippen LogP contribution is 2.51. The Morgan fingerprint density at radius 3 is 2.45 bits per heavy atom. The Kier molecular flexibility index (Phi) is 4.42. The smallest absolute Gasteiger partial charge is 0.341 e. The number of ketones is 1. The van der Waals surface area contributed by atoms with Crippen molar-refractivity contribution >= 4 is 46.6 Å². The summed E-state index contributed by atoms with van der Waals surface area (Å²) in [7, 11) is 0. The highest BCUT2D eigenvalue weighted by molar-refractivity contribution is 6.48. The Balaban J connectivity index is 2.51. The summed E-state index contributed by atoms with van der Waals surface area (Å²) < 4.78 is 5.12. The van der Waals surface area contributed by atoms with Gasteiger partial charge in [0, 0.05) is 12.0 Å². The zero-order valence-electron chi connectivity index (χ0n) is 12.3. The van der Waals surface area contributed by atoms with Crippen LogP contribution in [0, 0.1) is 5.41 Å². The van der Waals surface area contributed by atoms with Gasteiger partial charge in [0.2, 0.25) is 0 Å². The summed E-state index contributed by atoms with van der Waals surface area (Å²) in [5.74, 6) is -1.27. The number of Topliss-reactive ketones (excluding diaryl/α,β-unsaturated/α-hetero) is 1. The van der Waals surface area contributed by atoms with Crippen molar-refractivity contribution < 1.29 is 19.4 Å². The van der Waals surface area contributed by atoms with Gasteiger partial charge in [0.05, 0.1) is 5.02 Å². The van der Waals surface area contributed by atoms with E-state index in [-0.39, 0.29) is 28.0 Å². The van der Waals surface area contributed by atoms with Gasteiger partial charge in [-0.25, -0.2) is 4.79 Å². The Hall–Kier alpha value is -0.970. The van der Waals surface area contributed by atoms with Crippen LogP contribution in [-0.2, 0) is 11.2 Å². The molecule has 0 amide bonds. The van der Waals surface area contributed by atoms with Crippen molar-refractivity contribution in [1.29, 1.82) is 0 Å². The number of hydrogen-bond donors (Lipinski definition) is 1. The number of ether oxygens (including phenoxy) is 1. The predicted octanol–water partition coefficient (Wildman–Crippen LogP) is 4.22. The molecule has 1 unspecified atom stereocenters. The Morgan fingerprint density at radius 2 is 1.95 bits per heavy atom. The summed E-state index contributed by atoms with van der Waals surface area (Å²) in [6, 6.07) is 1.54. The van der Waals surface area contributed by atoms with Crippen LogP contribution in [0.5, 0.6) is 5.75 Å². The quantitative estimate of drug-likeness (QED) is 0.815. The van der Waals surface area contributed by atoms with Crippen LogP contribution in [0.4, 0.5) is 0 Å². The van der Waals surface area contributed by atoms with Crippen LogP contribution in [0.3, 0.4) is 0 Å². The summed E-state index contributed by atoms with van der Waals surface area (Å²) >= 11 is 18.9. The van der Waals surface area contributed by atoms with Gasteiger partial charge in [-0.15, -0.1) is 11.6 Å². The number of rotatable bonds is 3. The lowest BCUT2D eigenvalue weighted by molar-refractivity contribution is -0.139. The third-order valence-electron chi connectivity index (χ3n) is 3.82. The van der Waals surface area contributed by atoms with Crippen LogP contribution in [-0.4, -0.2) is 28.3 Å². The van der Waals surface area contributed by atoms with Gasteiger partial charge >= 0.3 is 5.97 Å². The molecule has 0 radical (unpaired) electrons. The number of fused-ring (bicyclic) bond motifs is 1. The molecule has 2 rings (SSSR count). The van der Waals surface area contributed by atoms with E-state index in [4.69, 9.17) is 44.6 Å². The van der Waals surface area contributed by atoms with Crippen molar-refractivity contribution in [2.24, 2.45) is 5.41 Å². The van der Waals surface area contributed by atoms with E-state index >= 15 is 0 Å². The standard InChI is InChI=1S/C15H15Cl3O4/c1-14(2,3)15(18)5-7-4-8(22-6-9(19)20)11(16)12(17)10(7)13(15)21/h4H,5-6H2,1-3H3,(H,19,20). The first-order valence-corrected chi connectivity index (χ1v) is 7.71. The van der Waals surface area contributed by atoms with Crippen LogP contribution >= 0.6 is 34.8 Å². The second-order valence-corrected chi connectivity index (χ2v) is 7.68. The number of carbonyl (C=O) groups excluding carboxylic acids is 1. The molecule has 1 aliphatic carbocycles. The van der Waals surface area contributed by atoms with E-state index in [1.807, 2.05) is 20.8 Å². The largest absolute Gasteiger partial charge is 0.480 e. The fourth-order valence-corrected chi connectivity index (χ4v) is 3.17. The number of hydrogen-bond acceptors (Lipinski definition) is 3. The molecule has 1 aliphatic rings. The van der Waals surface area contributed by atoms with Gasteiger partial charge in [-0.2, -0.15) is 0 Å². The summed E-state index contributed by atoms with van der Waals surface area (Å²) in [4.78, 5) is 22.2. The van der Waals surface area contributed by atoms with E-state index < -0.39 is 22.9 Å². The van der Waals surface area contributed by atoms with Crippen molar-refractivity contribution in [1.82, 2.24) is 0 Å². The first-order valence-electron chi connectivity index (χ1n) is 6.58. The van der Waals surface area contributed by atoms with E-state index in [2.05, 4.69) is 0 Å². The minimum atomic E-state index is -1.13. The predicted molar refractivity (Wildman–Crippen MR) is 85.7 cm³/mol. The number of benzene rings is 1. The van der Waals surface area contributed by atoms with Gasteiger partial charge in [-0.05, 0) is 17.0 Å². The lowest BCUT2D eigenvalue weighted by Gasteiger charge is -2.34. The summed E-state index contributed by atoms with van der Waals surface area (Å²) in [6.07, 6.45) is 0.284. The summed E-state index contributed by atoms with van der Waals surface area (Å²) in [5, 5.41) is 8.75. The van der Waals surface area contributed by atoms with E-state index in [9.17, 15) is 9.59 Å². The van der Waals surface area contributed by atoms with Gasteiger partial charge in [-0.3, -0.25) is 4.79 Å². The Labute approximate surface area is 143 Å². The van der Waals surface area contributed by atoms with Crippen molar-refractivity contribution in [2.45, 2.75) is 32.1 Å². The van der Waals surface area contributed by atoms with Crippen LogP contribution in [0.2, 0.25) is 10.0 Å². The molecule has 120 valence electrons. The van der Waals surface area contributed by atoms with E-state index in [0.717, 1.165) is 0 Å². The molecule has 4 nitrogen and oxygen atoms in total. The fraction of sp³-hybridized carbons (Fsp3) is 0.467. The van der Waals surface area contributed by atoms with Crippen LogP contribution < -0.4 is 4.74 Å². The summed E-state index contributed by atoms with van der Waals surface area (Å²) in [5.41, 5.74) is 0.423. The van der Waals surface area contributed by atoms with E-state index in [1.54, 1.807) is 6.07 Å². The third-order valence-corrected chi connectivity index (χ3v) is 5.54. The molecule has 0 fully saturated rings. The van der Waals surface area contributed by atoms with E-state index in [0.29, 0.717) is 11.1 Å². The average molecular weight is 366 g/mol. The topological polar surface area (TPSA) is 63.6 Å². The van der Waals surface area contributed by atoms with Crippen LogP contribution in [0.25, 0.3) is 0 Å². The maximum absolute atomic E-state index is 12.7. The van der Waals surface area contributed by atoms with Crippen LogP contribution in [0.15, 0.2) is 6.07 Å². The average Bonchev–Trinajstić information content (AvgIpc) is 2.65. The third kappa shape index (κ3) is 2.68. The molecule has 0 aromatic heterocycles. The zero-order valence-corrected chi connectivity index (χ0v) is 14.6. The van der Waals surface area contributed by atoms with Crippen LogP contribution in [0.1, 0.15) is 36.7 Å². The van der Waals surface area contributed by atoms with Gasteiger partial charge < -0.3 is 9.84 Å². The number of carboxylic acid groups (broad SMARTS) is 1. The molecule has 7 heteroatoms. The summed E-state index contributed by atoms with van der Waals surface area (Å²) in [6.45, 7) is 5.08. The molecule has 0 spiro atoms. The Bertz CT molecular complexity index is 664. The second-order valence-electron chi connectivity index (χ2n) is 6.28. The van der Waals surface area contributed by atoms with Crippen molar-refractivity contribution in [3.05, 3.63) is 27.2 Å². The minimum absolute atomic E-state index is 0.0184. The number of aliphatic carboxylic acids is 1. The molecule has 1 atom stereocenters. The molecular weight excluding hydrogens is 351 g/mol. The van der Waals surface area contributed by atoms with Gasteiger partial charge in [0.1, 0.15) is 15.6 Å². The molecule has 1 aromatic rings. The fourth-order valence-electron chi connectivity index (χ4n) is 2.43. The van der Waals surface area contributed by atoms with Crippen molar-refractivity contribution in [2.75, 3.05) is 6.61 Å². The number of halogens is 3. The number of alkyl halides is 1. The lowest BCUT2D eigenvalue weighted by atomic mass is 9.77. The molecule has 0 aliphatic heterocycles. The lowest BCUT2D eigenvalue weighted by Crippen LogP contribution is -2.43. The van der Waals surface area contributed by atoms with Gasteiger partial charge in [-0.1, -0.05) is 44.0 Å². The first kappa shape index (κ1) is 17.4. The molecular formula is C15H15Cl3O4. The molecule has 22 heavy (non-hydrogen) atoms. The normalized spacial score (nSPS) is 20.9. The highest BCUT2D eigenvalue weighted by atomic mass is 35.5. The molecule has 0 bridgehead atoms. The van der Waals surface area contributed by atoms with Crippen molar-refractivity contribution in [3.8, 4) is 5.75 Å². The minimum Gasteiger partial charge on any atom is -0.480 e. The highest BCUT2D eigenvalue weighted by Gasteiger charge is 2.53. The SMILES string of the molecule is CC(C)(C)C1(Cl)Cc2cc(OCC(=O)O)c(Cl)c(Cl)c2C1=O. The molecule has 0 saturated heterocycles. The van der Waals surface area contributed by atoms with Crippen molar-refractivity contribution in [3.63, 3.8) is 0 Å². The van der Waals surface area contributed by atoms with Gasteiger partial charge in [0.25, 0.3) is 0 Å². The Morgan fingerprint density at radius 1 is 1.36 bits per heavy atom.